The summed E-state index contributed by atoms with van der Waals surface area (Å²) >= 11 is 3.17. The second-order valence-corrected chi connectivity index (χ2v) is 5.86. The fraction of sp³-hybridized carbons (Fsp3) is 0.375. The van der Waals surface area contributed by atoms with E-state index in [9.17, 15) is 8.42 Å². The number of halogens is 1. The summed E-state index contributed by atoms with van der Waals surface area (Å²) in [5.41, 5.74) is 0.842. The van der Waals surface area contributed by atoms with Crippen LogP contribution in [0.2, 0.25) is 0 Å². The maximum atomic E-state index is 11.5. The van der Waals surface area contributed by atoms with E-state index in [1.54, 1.807) is 6.07 Å². The smallest absolute Gasteiger partial charge is 0.195 e. The lowest BCUT2D eigenvalue weighted by atomic mass is 10.2. The van der Waals surface area contributed by atoms with Gasteiger partial charge in [0.2, 0.25) is 0 Å². The fourth-order valence-electron chi connectivity index (χ4n) is 1.46. The number of rotatable bonds is 0. The summed E-state index contributed by atoms with van der Waals surface area (Å²) in [7, 11) is -3.11. The van der Waals surface area contributed by atoms with Crippen molar-refractivity contribution in [1.82, 2.24) is 4.98 Å². The van der Waals surface area contributed by atoms with E-state index in [0.29, 0.717) is 11.0 Å². The molecule has 1 aliphatic heterocycles. The summed E-state index contributed by atoms with van der Waals surface area (Å²) in [5.74, 6) is 0.226. The molecule has 2 rings (SSSR count). The Hall–Kier alpha value is -0.420. The van der Waals surface area contributed by atoms with Gasteiger partial charge in [0, 0.05) is 0 Å². The maximum absolute atomic E-state index is 11.5. The Labute approximate surface area is 85.2 Å². The number of sulfone groups is 1. The standard InChI is InChI=1S/C8H8BrNO2S/c9-7-4-3-6-2-1-5-13(11,12)8(6)10-7/h3-4H,1-2,5H2. The lowest BCUT2D eigenvalue weighted by Gasteiger charge is -2.14. The monoisotopic (exact) mass is 261 g/mol. The van der Waals surface area contributed by atoms with E-state index in [1.165, 1.54) is 0 Å². The molecule has 0 spiro atoms. The van der Waals surface area contributed by atoms with Crippen LogP contribution in [0.25, 0.3) is 0 Å². The molecule has 0 N–H and O–H groups in total. The van der Waals surface area contributed by atoms with Crippen molar-refractivity contribution in [2.75, 3.05) is 5.75 Å². The third-order valence-electron chi connectivity index (χ3n) is 2.06. The molecule has 0 aromatic carbocycles. The molecule has 1 aliphatic rings. The van der Waals surface area contributed by atoms with Crippen LogP contribution in [0.5, 0.6) is 0 Å². The number of nitrogens with zero attached hydrogens (tertiary/aromatic N) is 1. The van der Waals surface area contributed by atoms with Crippen molar-refractivity contribution >= 4 is 25.8 Å². The van der Waals surface area contributed by atoms with Crippen molar-refractivity contribution in [3.8, 4) is 0 Å². The first-order valence-electron chi connectivity index (χ1n) is 3.98. The van der Waals surface area contributed by atoms with Gasteiger partial charge in [-0.2, -0.15) is 0 Å². The molecule has 1 aromatic heterocycles. The molecule has 0 atom stereocenters. The van der Waals surface area contributed by atoms with E-state index in [0.717, 1.165) is 12.0 Å². The maximum Gasteiger partial charge on any atom is 0.195 e. The average Bonchev–Trinajstić information content (AvgIpc) is 2.06. The van der Waals surface area contributed by atoms with Crippen molar-refractivity contribution < 1.29 is 8.42 Å². The third kappa shape index (κ3) is 1.62. The molecular formula is C8H8BrNO2S. The second kappa shape index (κ2) is 3.06. The molecule has 0 bridgehead atoms. The molecule has 13 heavy (non-hydrogen) atoms. The van der Waals surface area contributed by atoms with Gasteiger partial charge in [0.1, 0.15) is 4.60 Å². The fourth-order valence-corrected chi connectivity index (χ4v) is 3.41. The summed E-state index contributed by atoms with van der Waals surface area (Å²) in [6.45, 7) is 0. The zero-order valence-electron chi connectivity index (χ0n) is 6.83. The van der Waals surface area contributed by atoms with Crippen LogP contribution >= 0.6 is 15.9 Å². The van der Waals surface area contributed by atoms with E-state index in [1.807, 2.05) is 6.07 Å². The Morgan fingerprint density at radius 2 is 2.15 bits per heavy atom. The molecule has 3 nitrogen and oxygen atoms in total. The Morgan fingerprint density at radius 1 is 1.38 bits per heavy atom. The van der Waals surface area contributed by atoms with Crippen molar-refractivity contribution in [2.24, 2.45) is 0 Å². The molecule has 2 heterocycles. The van der Waals surface area contributed by atoms with Crippen LogP contribution in [0, 0.1) is 0 Å². The summed E-state index contributed by atoms with van der Waals surface area (Å²) in [6.07, 6.45) is 1.52. The van der Waals surface area contributed by atoms with Crippen LogP contribution in [0.3, 0.4) is 0 Å². The molecule has 0 aliphatic carbocycles. The minimum absolute atomic E-state index is 0.226. The molecule has 0 saturated heterocycles. The van der Waals surface area contributed by atoms with Crippen LogP contribution in [0.1, 0.15) is 12.0 Å². The minimum atomic E-state index is -3.11. The highest BCUT2D eigenvalue weighted by molar-refractivity contribution is 9.10. The van der Waals surface area contributed by atoms with Gasteiger partial charge in [0.05, 0.1) is 5.75 Å². The minimum Gasteiger partial charge on any atom is -0.229 e. The van der Waals surface area contributed by atoms with Gasteiger partial charge in [-0.3, -0.25) is 0 Å². The Kier molecular flexibility index (Phi) is 2.15. The van der Waals surface area contributed by atoms with E-state index in [-0.39, 0.29) is 10.8 Å². The van der Waals surface area contributed by atoms with Gasteiger partial charge in [0.25, 0.3) is 0 Å². The summed E-state index contributed by atoms with van der Waals surface area (Å²) < 4.78 is 23.7. The van der Waals surface area contributed by atoms with E-state index in [2.05, 4.69) is 20.9 Å². The highest BCUT2D eigenvalue weighted by atomic mass is 79.9. The van der Waals surface area contributed by atoms with Crippen LogP contribution in [-0.2, 0) is 16.3 Å². The largest absolute Gasteiger partial charge is 0.229 e. The Bertz CT molecular complexity index is 441. The van der Waals surface area contributed by atoms with Crippen molar-refractivity contribution in [3.05, 3.63) is 22.3 Å². The van der Waals surface area contributed by atoms with Crippen molar-refractivity contribution in [1.29, 1.82) is 0 Å². The third-order valence-corrected chi connectivity index (χ3v) is 4.27. The highest BCUT2D eigenvalue weighted by Crippen LogP contribution is 2.24. The molecule has 0 radical (unpaired) electrons. The highest BCUT2D eigenvalue weighted by Gasteiger charge is 2.24. The molecule has 0 unspecified atom stereocenters. The van der Waals surface area contributed by atoms with Gasteiger partial charge >= 0.3 is 0 Å². The molecule has 0 saturated carbocycles. The zero-order chi connectivity index (χ0) is 9.47. The molecule has 70 valence electrons. The van der Waals surface area contributed by atoms with Gasteiger partial charge in [-0.1, -0.05) is 6.07 Å². The Balaban J connectivity index is 2.68. The molecule has 0 fully saturated rings. The van der Waals surface area contributed by atoms with Crippen LogP contribution in [0.4, 0.5) is 0 Å². The first-order valence-corrected chi connectivity index (χ1v) is 6.42. The van der Waals surface area contributed by atoms with Crippen LogP contribution < -0.4 is 0 Å². The van der Waals surface area contributed by atoms with Gasteiger partial charge < -0.3 is 0 Å². The van der Waals surface area contributed by atoms with Crippen molar-refractivity contribution in [2.45, 2.75) is 17.9 Å². The normalized spacial score (nSPS) is 19.5. The molecule has 1 aromatic rings. The topological polar surface area (TPSA) is 47.0 Å². The lowest BCUT2D eigenvalue weighted by molar-refractivity contribution is 0.580. The van der Waals surface area contributed by atoms with Gasteiger partial charge in [-0.05, 0) is 40.4 Å². The first-order chi connectivity index (χ1) is 6.09. The summed E-state index contributed by atoms with van der Waals surface area (Å²) in [5, 5.41) is 0.258. The van der Waals surface area contributed by atoms with Gasteiger partial charge in [-0.15, -0.1) is 0 Å². The number of hydrogen-bond donors (Lipinski definition) is 0. The SMILES string of the molecule is O=S1(=O)CCCc2ccc(Br)nc21. The first kappa shape index (κ1) is 9.15. The van der Waals surface area contributed by atoms with Gasteiger partial charge in [0.15, 0.2) is 14.9 Å². The van der Waals surface area contributed by atoms with Crippen molar-refractivity contribution in [3.63, 3.8) is 0 Å². The zero-order valence-corrected chi connectivity index (χ0v) is 9.23. The number of pyridine rings is 1. The summed E-state index contributed by atoms with van der Waals surface area (Å²) in [6, 6.07) is 3.60. The summed E-state index contributed by atoms with van der Waals surface area (Å²) in [4.78, 5) is 4.00. The van der Waals surface area contributed by atoms with Crippen LogP contribution in [0.15, 0.2) is 21.8 Å². The van der Waals surface area contributed by atoms with E-state index >= 15 is 0 Å². The number of aryl methyl sites for hydroxylation is 1. The van der Waals surface area contributed by atoms with E-state index < -0.39 is 9.84 Å². The molecular weight excluding hydrogens is 254 g/mol. The average molecular weight is 262 g/mol. The Morgan fingerprint density at radius 3 is 2.92 bits per heavy atom. The van der Waals surface area contributed by atoms with Crippen LogP contribution in [-0.4, -0.2) is 19.2 Å². The predicted octanol–water partition coefficient (Wildman–Crippen LogP) is 1.56. The predicted molar refractivity (Wildman–Crippen MR) is 52.3 cm³/mol. The lowest BCUT2D eigenvalue weighted by Crippen LogP contribution is -2.17. The number of fused-ring (bicyclic) bond motifs is 1. The second-order valence-electron chi connectivity index (χ2n) is 3.02. The van der Waals surface area contributed by atoms with E-state index in [4.69, 9.17) is 0 Å². The number of hydrogen-bond acceptors (Lipinski definition) is 3. The quantitative estimate of drug-likeness (QED) is 0.667. The molecule has 0 amide bonds. The molecule has 5 heteroatoms. The van der Waals surface area contributed by atoms with Gasteiger partial charge in [-0.25, -0.2) is 13.4 Å². The number of aromatic nitrogens is 1.